The first-order valence-corrected chi connectivity index (χ1v) is 16.5. The number of hydrogen-bond donors (Lipinski definition) is 0. The first kappa shape index (κ1) is 28.1. The summed E-state index contributed by atoms with van der Waals surface area (Å²) in [5.74, 6) is 2.46. The van der Waals surface area contributed by atoms with E-state index >= 15 is 0 Å². The summed E-state index contributed by atoms with van der Waals surface area (Å²) in [6, 6.07) is 52.9. The van der Waals surface area contributed by atoms with Crippen LogP contribution in [0.2, 0.25) is 0 Å². The van der Waals surface area contributed by atoms with Gasteiger partial charge in [-0.2, -0.15) is 0 Å². The highest BCUT2D eigenvalue weighted by molar-refractivity contribution is 6.28. The summed E-state index contributed by atoms with van der Waals surface area (Å²) in [5.41, 5.74) is 8.92. The maximum Gasteiger partial charge on any atom is 0.227 e. The van der Waals surface area contributed by atoms with Gasteiger partial charge in [-0.1, -0.05) is 127 Å². The zero-order chi connectivity index (χ0) is 33.0. The molecule has 10 rings (SSSR count). The first-order chi connectivity index (χ1) is 24.8. The molecule has 0 atom stereocenters. The minimum absolute atomic E-state index is 0.589. The number of oxazole rings is 1. The number of furan rings is 1. The van der Waals surface area contributed by atoms with E-state index < -0.39 is 0 Å². The van der Waals surface area contributed by atoms with Crippen LogP contribution in [0.25, 0.3) is 101 Å². The van der Waals surface area contributed by atoms with Crippen molar-refractivity contribution in [1.82, 2.24) is 19.9 Å². The Morgan fingerprint density at radius 3 is 1.54 bits per heavy atom. The second kappa shape index (κ2) is 11.4. The van der Waals surface area contributed by atoms with E-state index in [-0.39, 0.29) is 0 Å². The van der Waals surface area contributed by atoms with Gasteiger partial charge in [0.25, 0.3) is 0 Å². The molecular formula is C44H26N4O2. The molecule has 6 nitrogen and oxygen atoms in total. The van der Waals surface area contributed by atoms with Gasteiger partial charge in [0.2, 0.25) is 5.89 Å². The molecule has 0 saturated heterocycles. The fourth-order valence-electron chi connectivity index (χ4n) is 6.78. The van der Waals surface area contributed by atoms with Crippen molar-refractivity contribution in [2.45, 2.75) is 0 Å². The monoisotopic (exact) mass is 642 g/mol. The number of para-hydroxylation sites is 1. The minimum Gasteiger partial charge on any atom is -0.456 e. The van der Waals surface area contributed by atoms with E-state index in [4.69, 9.17) is 28.8 Å². The Morgan fingerprint density at radius 2 is 0.900 bits per heavy atom. The summed E-state index contributed by atoms with van der Waals surface area (Å²) in [5, 5.41) is 4.09. The molecule has 0 radical (unpaired) electrons. The number of rotatable bonds is 5. The van der Waals surface area contributed by atoms with Crippen LogP contribution in [0.15, 0.2) is 167 Å². The highest BCUT2D eigenvalue weighted by Gasteiger charge is 2.21. The number of fused-ring (bicyclic) bond motifs is 7. The van der Waals surface area contributed by atoms with Crippen molar-refractivity contribution in [1.29, 1.82) is 0 Å². The molecule has 234 valence electrons. The second-order valence-corrected chi connectivity index (χ2v) is 12.2. The lowest BCUT2D eigenvalue weighted by Crippen LogP contribution is -2.00. The van der Waals surface area contributed by atoms with Gasteiger partial charge in [0, 0.05) is 38.4 Å². The molecule has 3 aromatic heterocycles. The Bertz CT molecular complexity index is 2790. The van der Waals surface area contributed by atoms with Crippen molar-refractivity contribution in [3.8, 4) is 56.7 Å². The van der Waals surface area contributed by atoms with Gasteiger partial charge in [0.1, 0.15) is 16.7 Å². The van der Waals surface area contributed by atoms with Crippen LogP contribution in [-0.2, 0) is 0 Å². The Kier molecular flexibility index (Phi) is 6.39. The molecule has 0 fully saturated rings. The van der Waals surface area contributed by atoms with Gasteiger partial charge in [-0.15, -0.1) is 0 Å². The van der Waals surface area contributed by atoms with Crippen LogP contribution >= 0.6 is 0 Å². The van der Waals surface area contributed by atoms with Gasteiger partial charge in [-0.05, 0) is 46.8 Å². The Morgan fingerprint density at radius 1 is 0.360 bits per heavy atom. The van der Waals surface area contributed by atoms with Crippen molar-refractivity contribution in [3.05, 3.63) is 158 Å². The van der Waals surface area contributed by atoms with Crippen molar-refractivity contribution < 1.29 is 8.83 Å². The molecule has 50 heavy (non-hydrogen) atoms. The van der Waals surface area contributed by atoms with Gasteiger partial charge >= 0.3 is 0 Å². The zero-order valence-corrected chi connectivity index (χ0v) is 26.6. The summed E-state index contributed by atoms with van der Waals surface area (Å²) in [7, 11) is 0. The molecule has 0 aliphatic heterocycles. The largest absolute Gasteiger partial charge is 0.456 e. The van der Waals surface area contributed by atoms with E-state index in [1.54, 1.807) is 0 Å². The lowest BCUT2D eigenvalue weighted by atomic mass is 9.94. The quantitative estimate of drug-likeness (QED) is 0.186. The molecule has 0 spiro atoms. The fourth-order valence-corrected chi connectivity index (χ4v) is 6.78. The summed E-state index contributed by atoms with van der Waals surface area (Å²) in [4.78, 5) is 19.6. The number of benzene rings is 7. The molecule has 7 aromatic carbocycles. The molecule has 0 N–H and O–H groups in total. The topological polar surface area (TPSA) is 77.8 Å². The summed E-state index contributed by atoms with van der Waals surface area (Å²) in [6.07, 6.45) is 0. The SMILES string of the molecule is c1ccc(-c2nc(-c3ccccc3)nc(-c3ccc(-c4cc5oc6ccccc6c5c5c4ccc4nc(-c6ccccc6)oc45)cc3)n2)cc1. The molecule has 0 unspecified atom stereocenters. The van der Waals surface area contributed by atoms with E-state index in [1.807, 2.05) is 115 Å². The van der Waals surface area contributed by atoms with Crippen LogP contribution in [0.5, 0.6) is 0 Å². The first-order valence-electron chi connectivity index (χ1n) is 16.5. The number of nitrogens with zero attached hydrogens (tertiary/aromatic N) is 4. The lowest BCUT2D eigenvalue weighted by Gasteiger charge is -2.11. The third-order valence-electron chi connectivity index (χ3n) is 9.17. The van der Waals surface area contributed by atoms with Gasteiger partial charge in [0.05, 0.1) is 0 Å². The lowest BCUT2D eigenvalue weighted by molar-refractivity contribution is 0.623. The average Bonchev–Trinajstić information content (AvgIpc) is 3.81. The molecule has 0 saturated carbocycles. The smallest absolute Gasteiger partial charge is 0.227 e. The van der Waals surface area contributed by atoms with Crippen LogP contribution in [-0.4, -0.2) is 19.9 Å². The molecule has 0 aliphatic carbocycles. The van der Waals surface area contributed by atoms with E-state index in [1.165, 1.54) is 0 Å². The zero-order valence-electron chi connectivity index (χ0n) is 26.6. The van der Waals surface area contributed by atoms with Gasteiger partial charge in [-0.3, -0.25) is 0 Å². The Labute approximate surface area is 286 Å². The van der Waals surface area contributed by atoms with Gasteiger partial charge in [0.15, 0.2) is 23.1 Å². The standard InChI is InChI=1S/C44H26N4O2/c1-4-12-28(13-5-1)41-46-42(29-14-6-2-7-15-29)48-43(47-41)30-22-20-27(21-23-30)34-26-37-38(33-18-10-11-19-36(33)49-37)39-32(34)24-25-35-40(39)50-44(45-35)31-16-8-3-9-17-31/h1-26H. The van der Waals surface area contributed by atoms with E-state index in [0.717, 1.165) is 77.2 Å². The Hall–Kier alpha value is -6.92. The van der Waals surface area contributed by atoms with E-state index in [2.05, 4.69) is 42.5 Å². The third kappa shape index (κ3) is 4.65. The normalized spacial score (nSPS) is 11.6. The summed E-state index contributed by atoms with van der Waals surface area (Å²) in [6.45, 7) is 0. The fraction of sp³-hybridized carbons (Fsp3) is 0. The minimum atomic E-state index is 0.589. The maximum atomic E-state index is 6.58. The third-order valence-corrected chi connectivity index (χ3v) is 9.17. The molecule has 3 heterocycles. The van der Waals surface area contributed by atoms with Gasteiger partial charge in [-0.25, -0.2) is 19.9 Å². The van der Waals surface area contributed by atoms with Crippen LogP contribution < -0.4 is 0 Å². The van der Waals surface area contributed by atoms with Crippen molar-refractivity contribution in [3.63, 3.8) is 0 Å². The van der Waals surface area contributed by atoms with Crippen LogP contribution in [0.3, 0.4) is 0 Å². The average molecular weight is 643 g/mol. The molecule has 0 aliphatic rings. The molecular weight excluding hydrogens is 617 g/mol. The van der Waals surface area contributed by atoms with Crippen molar-refractivity contribution >= 4 is 43.8 Å². The molecule has 6 heteroatoms. The highest BCUT2D eigenvalue weighted by atomic mass is 16.3. The second-order valence-electron chi connectivity index (χ2n) is 12.2. The van der Waals surface area contributed by atoms with Crippen molar-refractivity contribution in [2.24, 2.45) is 0 Å². The summed E-state index contributed by atoms with van der Waals surface area (Å²) >= 11 is 0. The predicted molar refractivity (Wildman–Crippen MR) is 199 cm³/mol. The van der Waals surface area contributed by atoms with Crippen LogP contribution in [0, 0.1) is 0 Å². The molecule has 0 amide bonds. The Balaban J connectivity index is 1.15. The number of aromatic nitrogens is 4. The van der Waals surface area contributed by atoms with E-state index in [0.29, 0.717) is 23.4 Å². The van der Waals surface area contributed by atoms with Gasteiger partial charge < -0.3 is 8.83 Å². The summed E-state index contributed by atoms with van der Waals surface area (Å²) < 4.78 is 13.1. The molecule has 0 bridgehead atoms. The van der Waals surface area contributed by atoms with Crippen LogP contribution in [0.1, 0.15) is 0 Å². The van der Waals surface area contributed by atoms with Crippen molar-refractivity contribution in [2.75, 3.05) is 0 Å². The molecule has 10 aromatic rings. The van der Waals surface area contributed by atoms with E-state index in [9.17, 15) is 0 Å². The highest BCUT2D eigenvalue weighted by Crippen LogP contribution is 2.44. The van der Waals surface area contributed by atoms with Crippen LogP contribution in [0.4, 0.5) is 0 Å². The predicted octanol–water partition coefficient (Wildman–Crippen LogP) is 11.4. The number of hydrogen-bond acceptors (Lipinski definition) is 6. The maximum absolute atomic E-state index is 6.58.